The van der Waals surface area contributed by atoms with Gasteiger partial charge in [-0.05, 0) is 47.9 Å². The highest BCUT2D eigenvalue weighted by Crippen LogP contribution is 2.23. The summed E-state index contributed by atoms with van der Waals surface area (Å²) in [6.07, 6.45) is 2.52. The van der Waals surface area contributed by atoms with Crippen LogP contribution in [0.1, 0.15) is 12.5 Å². The third-order valence-electron chi connectivity index (χ3n) is 4.63. The van der Waals surface area contributed by atoms with Crippen LogP contribution in [0.15, 0.2) is 73.1 Å². The van der Waals surface area contributed by atoms with Crippen molar-refractivity contribution in [2.75, 3.05) is 17.2 Å². The average Bonchev–Trinajstić information content (AvgIpc) is 2.80. The lowest BCUT2D eigenvalue weighted by molar-refractivity contribution is -0.139. The van der Waals surface area contributed by atoms with E-state index in [4.69, 9.17) is 4.74 Å². The van der Waals surface area contributed by atoms with Crippen LogP contribution in [0.4, 0.5) is 21.0 Å². The van der Waals surface area contributed by atoms with Crippen LogP contribution >= 0.6 is 0 Å². The third-order valence-corrected chi connectivity index (χ3v) is 4.63. The second kappa shape index (κ2) is 11.3. The highest BCUT2D eigenvalue weighted by Gasteiger charge is 2.21. The fraction of sp³-hybridized carbons (Fsp3) is 0.167. The zero-order valence-corrected chi connectivity index (χ0v) is 17.9. The first-order chi connectivity index (χ1) is 15.9. The molecule has 4 N–H and O–H groups in total. The van der Waals surface area contributed by atoms with E-state index in [-0.39, 0.29) is 19.1 Å². The average molecular weight is 448 g/mol. The Morgan fingerprint density at radius 3 is 2.36 bits per heavy atom. The van der Waals surface area contributed by atoms with Crippen LogP contribution in [-0.4, -0.2) is 40.8 Å². The summed E-state index contributed by atoms with van der Waals surface area (Å²) < 4.78 is 4.76. The molecule has 9 nitrogen and oxygen atoms in total. The van der Waals surface area contributed by atoms with Crippen molar-refractivity contribution in [3.8, 4) is 11.1 Å². The summed E-state index contributed by atoms with van der Waals surface area (Å²) in [5.41, 5.74) is 3.70. The summed E-state index contributed by atoms with van der Waals surface area (Å²) in [5, 5.41) is 17.2. The van der Waals surface area contributed by atoms with E-state index in [0.717, 1.165) is 16.7 Å². The lowest BCUT2D eigenvalue weighted by atomic mass is 10.0. The Hall–Kier alpha value is -4.40. The summed E-state index contributed by atoms with van der Waals surface area (Å²) in [5.74, 6) is -1.14. The van der Waals surface area contributed by atoms with E-state index in [9.17, 15) is 19.5 Å². The Morgan fingerprint density at radius 1 is 0.970 bits per heavy atom. The van der Waals surface area contributed by atoms with E-state index in [1.165, 1.54) is 0 Å². The van der Waals surface area contributed by atoms with Crippen molar-refractivity contribution in [2.45, 2.75) is 19.4 Å². The molecular formula is C24H24N4O5. The number of pyridine rings is 1. The number of carbonyl (C=O) groups is 3. The number of amides is 3. The maximum Gasteiger partial charge on any atom is 0.407 e. The van der Waals surface area contributed by atoms with E-state index >= 15 is 0 Å². The number of urea groups is 1. The minimum atomic E-state index is -1.14. The van der Waals surface area contributed by atoms with Gasteiger partial charge >= 0.3 is 18.1 Å². The molecule has 9 heteroatoms. The van der Waals surface area contributed by atoms with Crippen molar-refractivity contribution in [2.24, 2.45) is 0 Å². The zero-order chi connectivity index (χ0) is 23.6. The molecule has 0 unspecified atom stereocenters. The molecule has 0 aliphatic rings. The molecule has 3 rings (SSSR count). The molecule has 1 aromatic heterocycles. The molecule has 0 spiro atoms. The van der Waals surface area contributed by atoms with Crippen LogP contribution in [0.3, 0.4) is 0 Å². The summed E-state index contributed by atoms with van der Waals surface area (Å²) >= 11 is 0. The van der Waals surface area contributed by atoms with Crippen LogP contribution in [0.5, 0.6) is 0 Å². The molecule has 0 radical (unpaired) electrons. The van der Waals surface area contributed by atoms with Crippen molar-refractivity contribution in [3.05, 3.63) is 78.6 Å². The van der Waals surface area contributed by atoms with E-state index in [0.29, 0.717) is 11.4 Å². The zero-order valence-electron chi connectivity index (χ0n) is 17.9. The minimum Gasteiger partial charge on any atom is -0.480 e. The second-order valence-corrected chi connectivity index (χ2v) is 7.06. The molecule has 2 aromatic carbocycles. The monoisotopic (exact) mass is 448 g/mol. The van der Waals surface area contributed by atoms with Gasteiger partial charge in [-0.25, -0.2) is 14.4 Å². The van der Waals surface area contributed by atoms with Crippen molar-refractivity contribution in [1.82, 2.24) is 10.3 Å². The van der Waals surface area contributed by atoms with Crippen LogP contribution in [0, 0.1) is 0 Å². The molecular weight excluding hydrogens is 424 g/mol. The number of ether oxygens (including phenoxy) is 1. The number of hydrogen-bond donors (Lipinski definition) is 4. The molecule has 1 heterocycles. The molecule has 3 aromatic rings. The number of benzene rings is 2. The Morgan fingerprint density at radius 2 is 1.70 bits per heavy atom. The van der Waals surface area contributed by atoms with Crippen LogP contribution < -0.4 is 16.0 Å². The van der Waals surface area contributed by atoms with Gasteiger partial charge in [0.05, 0.1) is 18.5 Å². The molecule has 0 fully saturated rings. The molecule has 170 valence electrons. The van der Waals surface area contributed by atoms with Gasteiger partial charge in [-0.1, -0.05) is 36.4 Å². The SMILES string of the molecule is CCOC(=O)N[C@@H](Cc1ccc(-c2cccc(NC(=O)Nc3cccnc3)c2)cc1)C(=O)O. The first-order valence-electron chi connectivity index (χ1n) is 10.3. The van der Waals surface area contributed by atoms with E-state index in [1.807, 2.05) is 30.3 Å². The number of carboxylic acids is 1. The van der Waals surface area contributed by atoms with E-state index in [1.54, 1.807) is 49.6 Å². The van der Waals surface area contributed by atoms with Gasteiger partial charge in [-0.3, -0.25) is 4.98 Å². The van der Waals surface area contributed by atoms with Crippen LogP contribution in [0.25, 0.3) is 11.1 Å². The number of carboxylic acid groups (broad SMARTS) is 1. The Balaban J connectivity index is 1.65. The molecule has 0 saturated carbocycles. The lowest BCUT2D eigenvalue weighted by Crippen LogP contribution is -2.42. The van der Waals surface area contributed by atoms with E-state index < -0.39 is 18.1 Å². The van der Waals surface area contributed by atoms with E-state index in [2.05, 4.69) is 20.9 Å². The lowest BCUT2D eigenvalue weighted by Gasteiger charge is -2.14. The van der Waals surface area contributed by atoms with Gasteiger partial charge in [0.15, 0.2) is 0 Å². The molecule has 3 amide bonds. The second-order valence-electron chi connectivity index (χ2n) is 7.06. The van der Waals surface area contributed by atoms with Gasteiger partial charge < -0.3 is 25.8 Å². The van der Waals surface area contributed by atoms with Crippen molar-refractivity contribution in [3.63, 3.8) is 0 Å². The topological polar surface area (TPSA) is 130 Å². The Kier molecular flexibility index (Phi) is 7.96. The summed E-state index contributed by atoms with van der Waals surface area (Å²) in [6, 6.07) is 16.6. The fourth-order valence-corrected chi connectivity index (χ4v) is 3.09. The maximum absolute atomic E-state index is 12.2. The fourth-order valence-electron chi connectivity index (χ4n) is 3.09. The number of hydrogen-bond acceptors (Lipinski definition) is 5. The Bertz CT molecular complexity index is 1100. The smallest absolute Gasteiger partial charge is 0.407 e. The number of aliphatic carboxylic acids is 1. The number of rotatable bonds is 8. The number of aromatic nitrogens is 1. The van der Waals surface area contributed by atoms with Crippen molar-refractivity contribution in [1.29, 1.82) is 0 Å². The van der Waals surface area contributed by atoms with Crippen LogP contribution in [0.2, 0.25) is 0 Å². The number of nitrogens with one attached hydrogen (secondary N) is 3. The standard InChI is InChI=1S/C24H24N4O5/c1-2-33-24(32)28-21(22(29)30)13-16-8-10-17(11-9-16)18-5-3-6-19(14-18)26-23(31)27-20-7-4-12-25-15-20/h3-12,14-15,21H,2,13H2,1H3,(H,28,32)(H,29,30)(H2,26,27,31)/t21-/m0/s1. The van der Waals surface area contributed by atoms with Gasteiger partial charge in [-0.15, -0.1) is 0 Å². The summed E-state index contributed by atoms with van der Waals surface area (Å²) in [7, 11) is 0. The molecule has 0 aliphatic heterocycles. The predicted octanol–water partition coefficient (Wildman–Crippen LogP) is 4.13. The quantitative estimate of drug-likeness (QED) is 0.410. The first kappa shape index (κ1) is 23.3. The van der Waals surface area contributed by atoms with Gasteiger partial charge in [-0.2, -0.15) is 0 Å². The highest BCUT2D eigenvalue weighted by atomic mass is 16.5. The Labute approximate surface area is 190 Å². The van der Waals surface area contributed by atoms with Gasteiger partial charge in [0.25, 0.3) is 0 Å². The summed E-state index contributed by atoms with van der Waals surface area (Å²) in [4.78, 5) is 39.2. The number of anilines is 2. The minimum absolute atomic E-state index is 0.116. The van der Waals surface area contributed by atoms with Gasteiger partial charge in [0, 0.05) is 18.3 Å². The molecule has 0 bridgehead atoms. The predicted molar refractivity (Wildman–Crippen MR) is 124 cm³/mol. The molecule has 33 heavy (non-hydrogen) atoms. The number of nitrogens with zero attached hydrogens (tertiary/aromatic N) is 1. The highest BCUT2D eigenvalue weighted by molar-refractivity contribution is 6.00. The molecule has 1 atom stereocenters. The third kappa shape index (κ3) is 7.06. The molecule has 0 aliphatic carbocycles. The maximum atomic E-state index is 12.2. The van der Waals surface area contributed by atoms with Crippen LogP contribution in [-0.2, 0) is 16.0 Å². The number of alkyl carbamates (subject to hydrolysis) is 1. The summed E-state index contributed by atoms with van der Waals surface area (Å²) in [6.45, 7) is 1.80. The molecule has 0 saturated heterocycles. The normalized spacial score (nSPS) is 11.2. The van der Waals surface area contributed by atoms with Crippen molar-refractivity contribution < 1.29 is 24.2 Å². The largest absolute Gasteiger partial charge is 0.480 e. The number of carbonyl (C=O) groups excluding carboxylic acids is 2. The van der Waals surface area contributed by atoms with Crippen molar-refractivity contribution >= 4 is 29.5 Å². The first-order valence-corrected chi connectivity index (χ1v) is 10.3. The van der Waals surface area contributed by atoms with Gasteiger partial charge in [0.1, 0.15) is 6.04 Å². The van der Waals surface area contributed by atoms with Gasteiger partial charge in [0.2, 0.25) is 0 Å².